The van der Waals surface area contributed by atoms with Gasteiger partial charge in [-0.05, 0) is 54.1 Å². The zero-order valence-electron chi connectivity index (χ0n) is 19.6. The maximum atomic E-state index is 10.6. The summed E-state index contributed by atoms with van der Waals surface area (Å²) in [4.78, 5) is 11.3. The Kier molecular flexibility index (Phi) is 6.93. The highest BCUT2D eigenvalue weighted by molar-refractivity contribution is 5.85. The third kappa shape index (κ3) is 5.46. The van der Waals surface area contributed by atoms with Crippen molar-refractivity contribution in [2.45, 2.75) is 19.0 Å². The van der Waals surface area contributed by atoms with Gasteiger partial charge in [-0.2, -0.15) is 28.5 Å². The van der Waals surface area contributed by atoms with Gasteiger partial charge >= 0.3 is 12.1 Å². The summed E-state index contributed by atoms with van der Waals surface area (Å²) in [5.41, 5.74) is 5.36. The Labute approximate surface area is 204 Å². The maximum Gasteiger partial charge on any atom is 0.490 e. The van der Waals surface area contributed by atoms with E-state index in [2.05, 4.69) is 33.2 Å². The van der Waals surface area contributed by atoms with E-state index in [1.165, 1.54) is 0 Å². The van der Waals surface area contributed by atoms with Gasteiger partial charge in [0.2, 0.25) is 0 Å². The molecule has 0 bridgehead atoms. The van der Waals surface area contributed by atoms with Gasteiger partial charge in [-0.3, -0.25) is 4.68 Å². The fourth-order valence-corrected chi connectivity index (χ4v) is 3.98. The summed E-state index contributed by atoms with van der Waals surface area (Å²) in [6.45, 7) is 5.35. The standard InChI is InChI=1S/C23H23N5O.C2HF3O2/c1-3-28-13-18(14-28)20-8-9-22(25-24-20)19-6-4-16(11-23(19)29)15-5-7-21-17(10-15)12-27(2)26-21;3-2(4,5)1(6)7/h4-12,18,29H,3,13-14H2,1-2H3;(H,6,7). The second-order valence-corrected chi connectivity index (χ2v) is 8.50. The van der Waals surface area contributed by atoms with Crippen LogP contribution < -0.4 is 0 Å². The number of nitrogens with zero attached hydrogens (tertiary/aromatic N) is 5. The van der Waals surface area contributed by atoms with E-state index in [1.807, 2.05) is 49.6 Å². The van der Waals surface area contributed by atoms with Crippen LogP contribution in [0.2, 0.25) is 0 Å². The summed E-state index contributed by atoms with van der Waals surface area (Å²) in [6, 6.07) is 15.8. The van der Waals surface area contributed by atoms with Crippen LogP contribution in [0.5, 0.6) is 5.75 Å². The first kappa shape index (κ1) is 25.1. The summed E-state index contributed by atoms with van der Waals surface area (Å²) in [5.74, 6) is -2.08. The number of likely N-dealkylation sites (tertiary alicyclic amines) is 1. The van der Waals surface area contributed by atoms with Gasteiger partial charge in [-0.1, -0.05) is 19.1 Å². The van der Waals surface area contributed by atoms with Crippen LogP contribution in [0.3, 0.4) is 0 Å². The normalized spacial score (nSPS) is 14.2. The number of aromatic hydroxyl groups is 1. The molecule has 4 aromatic rings. The maximum absolute atomic E-state index is 10.6. The molecule has 0 amide bonds. The van der Waals surface area contributed by atoms with Crippen molar-refractivity contribution in [1.82, 2.24) is 24.9 Å². The van der Waals surface area contributed by atoms with Crippen molar-refractivity contribution in [3.8, 4) is 28.1 Å². The van der Waals surface area contributed by atoms with E-state index in [0.717, 1.165) is 47.4 Å². The minimum absolute atomic E-state index is 0.205. The molecule has 36 heavy (non-hydrogen) atoms. The number of aryl methyl sites for hydroxylation is 1. The van der Waals surface area contributed by atoms with Crippen LogP contribution in [0.4, 0.5) is 13.2 Å². The van der Waals surface area contributed by atoms with Crippen LogP contribution in [0, 0.1) is 0 Å². The summed E-state index contributed by atoms with van der Waals surface area (Å²) >= 11 is 0. The molecule has 11 heteroatoms. The number of carboxylic acids is 1. The first-order valence-electron chi connectivity index (χ1n) is 11.2. The molecule has 3 heterocycles. The summed E-state index contributed by atoms with van der Waals surface area (Å²) in [7, 11) is 1.91. The molecular formula is C25H24F3N5O3. The summed E-state index contributed by atoms with van der Waals surface area (Å²) in [6.07, 6.45) is -3.09. The van der Waals surface area contributed by atoms with Crippen molar-refractivity contribution in [2.75, 3.05) is 19.6 Å². The third-order valence-corrected chi connectivity index (χ3v) is 5.98. The average Bonchev–Trinajstić information content (AvgIpc) is 3.18. The number of phenolic OH excluding ortho intramolecular Hbond substituents is 1. The van der Waals surface area contributed by atoms with Crippen LogP contribution in [0.25, 0.3) is 33.3 Å². The molecule has 1 aliphatic rings. The van der Waals surface area contributed by atoms with Gasteiger partial charge in [0.15, 0.2) is 0 Å². The molecule has 1 saturated heterocycles. The fourth-order valence-electron chi connectivity index (χ4n) is 3.98. The second kappa shape index (κ2) is 9.94. The van der Waals surface area contributed by atoms with Crippen molar-refractivity contribution in [1.29, 1.82) is 0 Å². The van der Waals surface area contributed by atoms with E-state index < -0.39 is 12.1 Å². The number of benzene rings is 2. The van der Waals surface area contributed by atoms with Crippen LogP contribution >= 0.6 is 0 Å². The number of rotatable bonds is 4. The van der Waals surface area contributed by atoms with E-state index in [0.29, 0.717) is 17.2 Å². The average molecular weight is 499 g/mol. The van der Waals surface area contributed by atoms with E-state index >= 15 is 0 Å². The van der Waals surface area contributed by atoms with E-state index in [4.69, 9.17) is 9.90 Å². The quantitative estimate of drug-likeness (QED) is 0.427. The minimum Gasteiger partial charge on any atom is -0.507 e. The number of phenols is 1. The second-order valence-electron chi connectivity index (χ2n) is 8.50. The molecule has 1 fully saturated rings. The van der Waals surface area contributed by atoms with Gasteiger partial charge in [0, 0.05) is 43.2 Å². The van der Waals surface area contributed by atoms with E-state index in [9.17, 15) is 18.3 Å². The highest BCUT2D eigenvalue weighted by Crippen LogP contribution is 2.34. The molecule has 0 saturated carbocycles. The topological polar surface area (TPSA) is 104 Å². The predicted octanol–water partition coefficient (Wildman–Crippen LogP) is 4.46. The lowest BCUT2D eigenvalue weighted by Crippen LogP contribution is -2.44. The first-order chi connectivity index (χ1) is 17.0. The minimum atomic E-state index is -5.08. The Morgan fingerprint density at radius 1 is 1.06 bits per heavy atom. The zero-order valence-corrected chi connectivity index (χ0v) is 19.6. The lowest BCUT2D eigenvalue weighted by molar-refractivity contribution is -0.192. The summed E-state index contributed by atoms with van der Waals surface area (Å²) in [5, 5.41) is 32.0. The van der Waals surface area contributed by atoms with Crippen molar-refractivity contribution in [3.05, 3.63) is 60.4 Å². The van der Waals surface area contributed by atoms with Crippen molar-refractivity contribution in [2.24, 2.45) is 7.05 Å². The molecule has 2 aromatic carbocycles. The first-order valence-corrected chi connectivity index (χ1v) is 11.2. The van der Waals surface area contributed by atoms with Crippen LogP contribution in [0.15, 0.2) is 54.7 Å². The summed E-state index contributed by atoms with van der Waals surface area (Å²) < 4.78 is 33.5. The van der Waals surface area contributed by atoms with E-state index in [-0.39, 0.29) is 5.75 Å². The number of hydrogen-bond donors (Lipinski definition) is 2. The fraction of sp³-hybridized carbons (Fsp3) is 0.280. The van der Waals surface area contributed by atoms with Crippen LogP contribution in [0.1, 0.15) is 18.5 Å². The van der Waals surface area contributed by atoms with Crippen LogP contribution in [-0.2, 0) is 11.8 Å². The van der Waals surface area contributed by atoms with Crippen LogP contribution in [-0.4, -0.2) is 66.9 Å². The number of halogens is 3. The Balaban J connectivity index is 0.000000384. The highest BCUT2D eigenvalue weighted by atomic mass is 19.4. The number of aromatic nitrogens is 4. The number of alkyl halides is 3. The molecular weight excluding hydrogens is 475 g/mol. The number of aliphatic carboxylic acids is 1. The molecule has 0 aliphatic carbocycles. The molecule has 8 nitrogen and oxygen atoms in total. The third-order valence-electron chi connectivity index (χ3n) is 5.98. The largest absolute Gasteiger partial charge is 0.507 e. The molecule has 0 radical (unpaired) electrons. The Morgan fingerprint density at radius 2 is 1.72 bits per heavy atom. The Bertz CT molecular complexity index is 1380. The number of hydrogen-bond acceptors (Lipinski definition) is 6. The molecule has 5 rings (SSSR count). The zero-order chi connectivity index (χ0) is 26.0. The molecule has 1 aliphatic heterocycles. The van der Waals surface area contributed by atoms with Crippen molar-refractivity contribution in [3.63, 3.8) is 0 Å². The SMILES string of the molecule is CCN1CC(c2ccc(-c3ccc(-c4ccc5nn(C)cc5c4)cc3O)nn2)C1.O=C(O)C(F)(F)F. The predicted molar refractivity (Wildman–Crippen MR) is 127 cm³/mol. The van der Waals surface area contributed by atoms with Gasteiger partial charge in [-0.15, -0.1) is 0 Å². The molecule has 0 spiro atoms. The monoisotopic (exact) mass is 499 g/mol. The van der Waals surface area contributed by atoms with Gasteiger partial charge in [-0.25, -0.2) is 4.79 Å². The molecule has 2 aromatic heterocycles. The Hall–Kier alpha value is -3.99. The van der Waals surface area contributed by atoms with Gasteiger partial charge in [0.1, 0.15) is 5.75 Å². The smallest absolute Gasteiger partial charge is 0.490 e. The van der Waals surface area contributed by atoms with Gasteiger partial charge in [0.05, 0.1) is 16.9 Å². The van der Waals surface area contributed by atoms with Gasteiger partial charge < -0.3 is 15.1 Å². The number of carbonyl (C=O) groups is 1. The molecule has 0 atom stereocenters. The van der Waals surface area contributed by atoms with Crippen molar-refractivity contribution >= 4 is 16.9 Å². The Morgan fingerprint density at radius 3 is 2.31 bits per heavy atom. The number of carboxylic acid groups (broad SMARTS) is 1. The highest BCUT2D eigenvalue weighted by Gasteiger charge is 2.38. The molecule has 0 unspecified atom stereocenters. The van der Waals surface area contributed by atoms with E-state index in [1.54, 1.807) is 10.7 Å². The lowest BCUT2D eigenvalue weighted by atomic mass is 9.96. The molecule has 2 N–H and O–H groups in total. The van der Waals surface area contributed by atoms with Gasteiger partial charge in [0.25, 0.3) is 0 Å². The lowest BCUT2D eigenvalue weighted by Gasteiger charge is -2.37. The number of fused-ring (bicyclic) bond motifs is 1. The molecule has 188 valence electrons. The number of likely N-dealkylation sites (N-methyl/N-ethyl adjacent to an activating group) is 1. The van der Waals surface area contributed by atoms with Crippen molar-refractivity contribution < 1.29 is 28.2 Å².